The molecule has 16 heavy (non-hydrogen) atoms. The molecule has 1 heterocycles. The van der Waals surface area contributed by atoms with Crippen LogP contribution in [0.2, 0.25) is 0 Å². The molecule has 0 bridgehead atoms. The first-order chi connectivity index (χ1) is 7.46. The molecule has 1 aromatic carbocycles. The molecule has 0 spiro atoms. The van der Waals surface area contributed by atoms with Gasteiger partial charge in [0.2, 0.25) is 0 Å². The van der Waals surface area contributed by atoms with Crippen molar-refractivity contribution in [2.75, 3.05) is 6.54 Å². The van der Waals surface area contributed by atoms with Crippen molar-refractivity contribution in [1.29, 1.82) is 0 Å². The fraction of sp³-hybridized carbons (Fsp3) is 0.400. The van der Waals surface area contributed by atoms with Crippen LogP contribution in [0.1, 0.15) is 18.0 Å². The molecule has 1 aliphatic heterocycles. The molecule has 0 radical (unpaired) electrons. The maximum Gasteiger partial charge on any atom is 0.573 e. The standard InChI is InChI=1S/C10H9F4NO/c11-8-2-1-6(16-10(12,13)14)5-7(8)9-3-4-15-9/h1-2,5,9,15H,3-4H2/t9-/m1/s1. The molecule has 0 saturated carbocycles. The second kappa shape index (κ2) is 3.93. The Kier molecular flexibility index (Phi) is 2.75. The summed E-state index contributed by atoms with van der Waals surface area (Å²) in [6.45, 7) is 0.745. The van der Waals surface area contributed by atoms with Crippen LogP contribution in [0, 0.1) is 5.82 Å². The molecule has 88 valence electrons. The smallest absolute Gasteiger partial charge is 0.406 e. The third kappa shape index (κ3) is 2.44. The minimum atomic E-state index is -4.75. The van der Waals surface area contributed by atoms with Crippen LogP contribution in [-0.2, 0) is 0 Å². The molecule has 1 aromatic rings. The molecule has 0 aliphatic carbocycles. The van der Waals surface area contributed by atoms with Gasteiger partial charge in [-0.15, -0.1) is 13.2 Å². The molecule has 2 nitrogen and oxygen atoms in total. The lowest BCUT2D eigenvalue weighted by Gasteiger charge is -2.28. The molecule has 6 heteroatoms. The lowest BCUT2D eigenvalue weighted by Crippen LogP contribution is -2.35. The normalized spacial score (nSPS) is 20.4. The Morgan fingerprint density at radius 1 is 1.31 bits per heavy atom. The molecular weight excluding hydrogens is 226 g/mol. The lowest BCUT2D eigenvalue weighted by molar-refractivity contribution is -0.274. The fourth-order valence-electron chi connectivity index (χ4n) is 1.54. The Morgan fingerprint density at radius 3 is 2.50 bits per heavy atom. The van der Waals surface area contributed by atoms with Crippen LogP contribution in [0.15, 0.2) is 18.2 Å². The predicted octanol–water partition coefficient (Wildman–Crippen LogP) is 2.76. The third-order valence-corrected chi connectivity index (χ3v) is 2.40. The van der Waals surface area contributed by atoms with Gasteiger partial charge in [0.05, 0.1) is 0 Å². The van der Waals surface area contributed by atoms with E-state index in [0.29, 0.717) is 6.42 Å². The van der Waals surface area contributed by atoms with E-state index in [1.807, 2.05) is 0 Å². The molecule has 1 saturated heterocycles. The minimum absolute atomic E-state index is 0.211. The van der Waals surface area contributed by atoms with Crippen molar-refractivity contribution in [1.82, 2.24) is 5.32 Å². The van der Waals surface area contributed by atoms with Gasteiger partial charge in [-0.1, -0.05) is 0 Å². The van der Waals surface area contributed by atoms with Crippen LogP contribution >= 0.6 is 0 Å². The van der Waals surface area contributed by atoms with Crippen molar-refractivity contribution in [2.45, 2.75) is 18.8 Å². The van der Waals surface area contributed by atoms with E-state index in [1.165, 1.54) is 0 Å². The van der Waals surface area contributed by atoms with Gasteiger partial charge >= 0.3 is 6.36 Å². The zero-order chi connectivity index (χ0) is 11.8. The summed E-state index contributed by atoms with van der Waals surface area (Å²) in [5.74, 6) is -0.913. The summed E-state index contributed by atoms with van der Waals surface area (Å²) < 4.78 is 52.8. The quantitative estimate of drug-likeness (QED) is 0.796. The van der Waals surface area contributed by atoms with Crippen molar-refractivity contribution >= 4 is 0 Å². The number of hydrogen-bond donors (Lipinski definition) is 1. The molecule has 0 unspecified atom stereocenters. The van der Waals surface area contributed by atoms with E-state index in [0.717, 1.165) is 24.7 Å². The van der Waals surface area contributed by atoms with E-state index in [4.69, 9.17) is 0 Å². The van der Waals surface area contributed by atoms with Gasteiger partial charge in [0.15, 0.2) is 0 Å². The fourth-order valence-corrected chi connectivity index (χ4v) is 1.54. The number of ether oxygens (including phenoxy) is 1. The average Bonchev–Trinajstić information content (AvgIpc) is 2.05. The Balaban J connectivity index is 2.21. The molecule has 2 rings (SSSR count). The van der Waals surface area contributed by atoms with Crippen LogP contribution < -0.4 is 10.1 Å². The van der Waals surface area contributed by atoms with Gasteiger partial charge in [-0.2, -0.15) is 0 Å². The van der Waals surface area contributed by atoms with Crippen LogP contribution in [0.4, 0.5) is 17.6 Å². The first kappa shape index (κ1) is 11.2. The minimum Gasteiger partial charge on any atom is -0.406 e. The van der Waals surface area contributed by atoms with E-state index in [-0.39, 0.29) is 11.6 Å². The summed E-state index contributed by atoms with van der Waals surface area (Å²) in [5.41, 5.74) is 0.216. The molecule has 1 atom stereocenters. The molecule has 1 N–H and O–H groups in total. The summed E-state index contributed by atoms with van der Waals surface area (Å²) in [5, 5.41) is 2.92. The maximum absolute atomic E-state index is 13.3. The number of benzene rings is 1. The largest absolute Gasteiger partial charge is 0.573 e. The van der Waals surface area contributed by atoms with Crippen molar-refractivity contribution in [3.8, 4) is 5.75 Å². The maximum atomic E-state index is 13.3. The van der Waals surface area contributed by atoms with Gasteiger partial charge in [-0.25, -0.2) is 4.39 Å². The van der Waals surface area contributed by atoms with Crippen LogP contribution in [-0.4, -0.2) is 12.9 Å². The predicted molar refractivity (Wildman–Crippen MR) is 48.4 cm³/mol. The van der Waals surface area contributed by atoms with E-state index >= 15 is 0 Å². The van der Waals surface area contributed by atoms with Gasteiger partial charge < -0.3 is 10.1 Å². The second-order valence-corrected chi connectivity index (χ2v) is 3.53. The lowest BCUT2D eigenvalue weighted by atomic mass is 9.97. The van der Waals surface area contributed by atoms with Crippen LogP contribution in [0.5, 0.6) is 5.75 Å². The Bertz CT molecular complexity index is 387. The van der Waals surface area contributed by atoms with E-state index < -0.39 is 17.9 Å². The second-order valence-electron chi connectivity index (χ2n) is 3.53. The van der Waals surface area contributed by atoms with Gasteiger partial charge in [-0.05, 0) is 31.2 Å². The molecular formula is C10H9F4NO. The highest BCUT2D eigenvalue weighted by atomic mass is 19.4. The number of rotatable bonds is 2. The van der Waals surface area contributed by atoms with E-state index in [9.17, 15) is 17.6 Å². The topological polar surface area (TPSA) is 21.3 Å². The average molecular weight is 235 g/mol. The van der Waals surface area contributed by atoms with Crippen molar-refractivity contribution in [2.24, 2.45) is 0 Å². The van der Waals surface area contributed by atoms with Crippen molar-refractivity contribution < 1.29 is 22.3 Å². The highest BCUT2D eigenvalue weighted by molar-refractivity contribution is 5.33. The van der Waals surface area contributed by atoms with Crippen molar-refractivity contribution in [3.63, 3.8) is 0 Å². The highest BCUT2D eigenvalue weighted by Gasteiger charge is 2.32. The Morgan fingerprint density at radius 2 is 2.00 bits per heavy atom. The van der Waals surface area contributed by atoms with Gasteiger partial charge in [0.25, 0.3) is 0 Å². The summed E-state index contributed by atoms with van der Waals surface area (Å²) in [7, 11) is 0. The SMILES string of the molecule is Fc1ccc(OC(F)(F)F)cc1[C@H]1CCN1. The van der Waals surface area contributed by atoms with E-state index in [1.54, 1.807) is 0 Å². The summed E-state index contributed by atoms with van der Waals surface area (Å²) in [6.07, 6.45) is -4.03. The Hall–Kier alpha value is -1.30. The van der Waals surface area contributed by atoms with Crippen LogP contribution in [0.3, 0.4) is 0 Å². The molecule has 0 aromatic heterocycles. The first-order valence-corrected chi connectivity index (χ1v) is 4.74. The van der Waals surface area contributed by atoms with Gasteiger partial charge in [0.1, 0.15) is 11.6 Å². The first-order valence-electron chi connectivity index (χ1n) is 4.74. The zero-order valence-corrected chi connectivity index (χ0v) is 8.14. The van der Waals surface area contributed by atoms with Gasteiger partial charge in [-0.3, -0.25) is 0 Å². The number of hydrogen-bond acceptors (Lipinski definition) is 2. The molecule has 1 fully saturated rings. The van der Waals surface area contributed by atoms with E-state index in [2.05, 4.69) is 10.1 Å². The zero-order valence-electron chi connectivity index (χ0n) is 8.14. The number of halogens is 4. The summed E-state index contributed by atoms with van der Waals surface area (Å²) in [4.78, 5) is 0. The highest BCUT2D eigenvalue weighted by Crippen LogP contribution is 2.30. The Labute approximate surface area is 89.2 Å². The number of alkyl halides is 3. The molecule has 1 aliphatic rings. The third-order valence-electron chi connectivity index (χ3n) is 2.40. The van der Waals surface area contributed by atoms with Gasteiger partial charge in [0, 0.05) is 11.6 Å². The summed E-state index contributed by atoms with van der Waals surface area (Å²) in [6, 6.07) is 2.82. The number of nitrogens with one attached hydrogen (secondary N) is 1. The van der Waals surface area contributed by atoms with Crippen LogP contribution in [0.25, 0.3) is 0 Å². The monoisotopic (exact) mass is 235 g/mol. The van der Waals surface area contributed by atoms with Crippen molar-refractivity contribution in [3.05, 3.63) is 29.6 Å². The summed E-state index contributed by atoms with van der Waals surface area (Å²) >= 11 is 0. The molecule has 0 amide bonds.